The number of hydrazone groups is 1. The molecule has 0 bridgehead atoms. The molecule has 1 rings (SSSR count). The first kappa shape index (κ1) is 6.46. The van der Waals surface area contributed by atoms with Crippen LogP contribution in [0.25, 0.3) is 0 Å². The van der Waals surface area contributed by atoms with Crippen LogP contribution in [0.5, 0.6) is 0 Å². The van der Waals surface area contributed by atoms with Gasteiger partial charge in [0, 0.05) is 20.8 Å². The molecule has 0 aromatic heterocycles. The molecule has 0 saturated carbocycles. The average molecular weight is 125 g/mol. The molecule has 9 heavy (non-hydrogen) atoms. The van der Waals surface area contributed by atoms with Gasteiger partial charge >= 0.3 is 0 Å². The van der Waals surface area contributed by atoms with Gasteiger partial charge in [-0.2, -0.15) is 0 Å². The largest absolute Gasteiger partial charge is 0.185 e. The first-order valence-electron chi connectivity index (χ1n) is 3.26. The number of nitrogens with zero attached hydrogens (tertiary/aromatic N) is 2. The molecule has 0 aromatic carbocycles. The van der Waals surface area contributed by atoms with E-state index in [9.17, 15) is 0 Å². The fourth-order valence-corrected chi connectivity index (χ4v) is 0.776. The van der Waals surface area contributed by atoms with Crippen molar-refractivity contribution in [3.8, 4) is 0 Å². The Morgan fingerprint density at radius 1 is 1.44 bits per heavy atom. The van der Waals surface area contributed by atoms with Crippen molar-refractivity contribution in [1.29, 1.82) is 0 Å². The van der Waals surface area contributed by atoms with E-state index in [0.29, 0.717) is 0 Å². The molecule has 2 heteroatoms. The molecule has 0 amide bonds. The van der Waals surface area contributed by atoms with E-state index in [2.05, 4.69) is 32.1 Å². The molecule has 0 unspecified atom stereocenters. The van der Waals surface area contributed by atoms with Gasteiger partial charge in [-0.15, -0.1) is 0 Å². The standard InChI is InChI=1S/C7H13N2/c1-7(2,3)9-6-4-5-8-9/h5-6H,4H2,1-3H3/q+1. The van der Waals surface area contributed by atoms with Gasteiger partial charge in [0.1, 0.15) is 0 Å². The smallest absolute Gasteiger partial charge is 0.0909 e. The third kappa shape index (κ3) is 1.37. The average Bonchev–Trinajstić information content (AvgIpc) is 2.08. The molecule has 50 valence electrons. The van der Waals surface area contributed by atoms with Gasteiger partial charge in [-0.3, -0.25) is 0 Å². The first-order valence-corrected chi connectivity index (χ1v) is 3.26. The fraction of sp³-hybridized carbons (Fsp3) is 0.714. The molecular formula is C7H13N2+. The molecule has 1 aliphatic rings. The van der Waals surface area contributed by atoms with E-state index >= 15 is 0 Å². The summed E-state index contributed by atoms with van der Waals surface area (Å²) in [5.74, 6) is 0. The fourth-order valence-electron chi connectivity index (χ4n) is 0.776. The summed E-state index contributed by atoms with van der Waals surface area (Å²) in [6.45, 7) is 6.44. The Morgan fingerprint density at radius 2 is 2.11 bits per heavy atom. The van der Waals surface area contributed by atoms with Crippen molar-refractivity contribution in [2.24, 2.45) is 5.10 Å². The van der Waals surface area contributed by atoms with Crippen LogP contribution in [0, 0.1) is 0 Å². The van der Waals surface area contributed by atoms with Crippen LogP contribution in [0.4, 0.5) is 0 Å². The van der Waals surface area contributed by atoms with E-state index in [1.807, 2.05) is 10.9 Å². The van der Waals surface area contributed by atoms with Crippen molar-refractivity contribution >= 4 is 12.4 Å². The Kier molecular flexibility index (Phi) is 1.39. The minimum absolute atomic E-state index is 0.160. The van der Waals surface area contributed by atoms with Crippen LogP contribution in [-0.2, 0) is 0 Å². The molecule has 1 heterocycles. The Hall–Kier alpha value is -0.660. The van der Waals surface area contributed by atoms with E-state index < -0.39 is 0 Å². The predicted molar refractivity (Wildman–Crippen MR) is 39.2 cm³/mol. The van der Waals surface area contributed by atoms with Gasteiger partial charge in [0.2, 0.25) is 0 Å². The van der Waals surface area contributed by atoms with E-state index in [4.69, 9.17) is 0 Å². The highest BCUT2D eigenvalue weighted by molar-refractivity contribution is 5.78. The van der Waals surface area contributed by atoms with Gasteiger partial charge in [0.15, 0.2) is 11.8 Å². The molecule has 0 saturated heterocycles. The van der Waals surface area contributed by atoms with Crippen LogP contribution in [0.1, 0.15) is 27.2 Å². The summed E-state index contributed by atoms with van der Waals surface area (Å²) < 4.78 is 1.99. The Balaban J connectivity index is 2.73. The molecule has 1 aliphatic heterocycles. The van der Waals surface area contributed by atoms with Crippen LogP contribution in [0.2, 0.25) is 0 Å². The topological polar surface area (TPSA) is 15.4 Å². The zero-order valence-electron chi connectivity index (χ0n) is 6.26. The molecule has 0 fully saturated rings. The maximum absolute atomic E-state index is 4.16. The zero-order chi connectivity index (χ0) is 6.91. The Morgan fingerprint density at radius 3 is 2.33 bits per heavy atom. The van der Waals surface area contributed by atoms with Gasteiger partial charge in [0.25, 0.3) is 0 Å². The van der Waals surface area contributed by atoms with Crippen LogP contribution >= 0.6 is 0 Å². The van der Waals surface area contributed by atoms with Crippen LogP contribution < -0.4 is 0 Å². The number of rotatable bonds is 0. The molecular weight excluding hydrogens is 112 g/mol. The minimum Gasteiger partial charge on any atom is -0.0909 e. The third-order valence-corrected chi connectivity index (χ3v) is 1.28. The quantitative estimate of drug-likeness (QED) is 0.433. The van der Waals surface area contributed by atoms with Crippen molar-refractivity contribution < 1.29 is 4.68 Å². The third-order valence-electron chi connectivity index (χ3n) is 1.28. The van der Waals surface area contributed by atoms with Gasteiger partial charge in [-0.1, -0.05) is 4.68 Å². The molecule has 0 aliphatic carbocycles. The second-order valence-electron chi connectivity index (χ2n) is 3.23. The summed E-state index contributed by atoms with van der Waals surface area (Å²) in [5.41, 5.74) is 0.160. The highest BCUT2D eigenvalue weighted by Crippen LogP contribution is 2.08. The lowest BCUT2D eigenvalue weighted by molar-refractivity contribution is -0.595. The highest BCUT2D eigenvalue weighted by atomic mass is 15.4. The summed E-state index contributed by atoms with van der Waals surface area (Å²) >= 11 is 0. The van der Waals surface area contributed by atoms with Crippen molar-refractivity contribution in [1.82, 2.24) is 0 Å². The number of hydrogen-bond acceptors (Lipinski definition) is 1. The maximum Gasteiger partial charge on any atom is 0.185 e. The van der Waals surface area contributed by atoms with Gasteiger partial charge in [-0.05, 0) is 5.10 Å². The second-order valence-corrected chi connectivity index (χ2v) is 3.23. The van der Waals surface area contributed by atoms with Gasteiger partial charge in [0.05, 0.1) is 12.6 Å². The lowest BCUT2D eigenvalue weighted by Gasteiger charge is -2.08. The minimum atomic E-state index is 0.160. The molecule has 0 spiro atoms. The zero-order valence-corrected chi connectivity index (χ0v) is 6.26. The van der Waals surface area contributed by atoms with Gasteiger partial charge < -0.3 is 0 Å². The van der Waals surface area contributed by atoms with Gasteiger partial charge in [-0.25, -0.2) is 0 Å². The molecule has 0 atom stereocenters. The molecule has 0 N–H and O–H groups in total. The summed E-state index contributed by atoms with van der Waals surface area (Å²) in [6.07, 6.45) is 5.00. The van der Waals surface area contributed by atoms with E-state index in [1.54, 1.807) is 0 Å². The van der Waals surface area contributed by atoms with Crippen LogP contribution in [-0.4, -0.2) is 22.7 Å². The Labute approximate surface area is 55.9 Å². The monoisotopic (exact) mass is 125 g/mol. The van der Waals surface area contributed by atoms with Crippen molar-refractivity contribution in [2.75, 3.05) is 0 Å². The lowest BCUT2D eigenvalue weighted by atomic mass is 10.1. The summed E-state index contributed by atoms with van der Waals surface area (Å²) in [4.78, 5) is 0. The predicted octanol–water partition coefficient (Wildman–Crippen LogP) is 1.26. The second kappa shape index (κ2) is 1.94. The normalized spacial score (nSPS) is 18.3. The summed E-state index contributed by atoms with van der Waals surface area (Å²) in [6, 6.07) is 0. The first-order chi connectivity index (χ1) is 4.11. The summed E-state index contributed by atoms with van der Waals surface area (Å²) in [7, 11) is 0. The lowest BCUT2D eigenvalue weighted by Crippen LogP contribution is -2.27. The van der Waals surface area contributed by atoms with Crippen LogP contribution in [0.15, 0.2) is 5.10 Å². The van der Waals surface area contributed by atoms with E-state index in [0.717, 1.165) is 6.42 Å². The van der Waals surface area contributed by atoms with Crippen LogP contribution in [0.3, 0.4) is 0 Å². The SMILES string of the molecule is CC(C)(C)[N+]1=CCC=N1. The molecule has 2 nitrogen and oxygen atoms in total. The van der Waals surface area contributed by atoms with Crippen molar-refractivity contribution in [2.45, 2.75) is 32.7 Å². The number of hydrogen-bond donors (Lipinski definition) is 0. The van der Waals surface area contributed by atoms with Crippen molar-refractivity contribution in [3.05, 3.63) is 0 Å². The highest BCUT2D eigenvalue weighted by Gasteiger charge is 2.25. The Bertz CT molecular complexity index is 160. The van der Waals surface area contributed by atoms with E-state index in [1.165, 1.54) is 0 Å². The van der Waals surface area contributed by atoms with E-state index in [-0.39, 0.29) is 5.54 Å². The summed E-state index contributed by atoms with van der Waals surface area (Å²) in [5, 5.41) is 4.16. The molecule has 0 aromatic rings. The van der Waals surface area contributed by atoms with Crippen molar-refractivity contribution in [3.63, 3.8) is 0 Å². The maximum atomic E-state index is 4.16. The molecule has 0 radical (unpaired) electrons.